The lowest BCUT2D eigenvalue weighted by atomic mass is 10.1. The van der Waals surface area contributed by atoms with E-state index >= 15 is 0 Å². The van der Waals surface area contributed by atoms with Crippen molar-refractivity contribution in [3.63, 3.8) is 0 Å². The Labute approximate surface area is 334 Å². The van der Waals surface area contributed by atoms with Crippen molar-refractivity contribution in [3.8, 4) is 43.5 Å². The van der Waals surface area contributed by atoms with E-state index in [0.29, 0.717) is 0 Å². The van der Waals surface area contributed by atoms with Gasteiger partial charge in [0.15, 0.2) is 0 Å². The summed E-state index contributed by atoms with van der Waals surface area (Å²) in [4.78, 5) is 11.7. The Kier molecular flexibility index (Phi) is 10.7. The van der Waals surface area contributed by atoms with Gasteiger partial charge in [0, 0.05) is 56.1 Å². The molecule has 0 fully saturated rings. The average molecular weight is 784 g/mol. The smallest absolute Gasteiger partial charge is 0.131 e. The molecule has 258 valence electrons. The SMILES string of the molecule is N#CC(C#N)=Cc1ccc(-c2ccc(N(c3ccc(-c4ccc(C=Cc5cccs5)s4)cc3)c3ccc(-c4ccc(C=Cc5cccs5)s4)cc3)cc2)s1. The molecule has 0 spiro atoms. The summed E-state index contributed by atoms with van der Waals surface area (Å²) in [6.45, 7) is 0. The van der Waals surface area contributed by atoms with Crippen molar-refractivity contribution in [1.82, 2.24) is 0 Å². The quantitative estimate of drug-likeness (QED) is 0.123. The van der Waals surface area contributed by atoms with E-state index in [-0.39, 0.29) is 5.57 Å². The molecule has 0 bridgehead atoms. The van der Waals surface area contributed by atoms with E-state index in [9.17, 15) is 10.5 Å². The molecule has 8 heteroatoms. The Morgan fingerprint density at radius 1 is 0.426 bits per heavy atom. The van der Waals surface area contributed by atoms with Crippen LogP contribution in [0.5, 0.6) is 0 Å². The van der Waals surface area contributed by atoms with Gasteiger partial charge in [-0.15, -0.1) is 56.7 Å². The predicted molar refractivity (Wildman–Crippen MR) is 237 cm³/mol. The maximum atomic E-state index is 9.18. The summed E-state index contributed by atoms with van der Waals surface area (Å²) < 4.78 is 0. The molecule has 5 heterocycles. The topological polar surface area (TPSA) is 50.8 Å². The van der Waals surface area contributed by atoms with Crippen LogP contribution in [-0.4, -0.2) is 0 Å². The molecule has 8 rings (SSSR count). The molecule has 0 unspecified atom stereocenters. The van der Waals surface area contributed by atoms with Gasteiger partial charge < -0.3 is 4.90 Å². The minimum Gasteiger partial charge on any atom is -0.311 e. The van der Waals surface area contributed by atoms with Gasteiger partial charge in [0.2, 0.25) is 0 Å². The summed E-state index contributed by atoms with van der Waals surface area (Å²) in [6.07, 6.45) is 10.4. The van der Waals surface area contributed by atoms with E-state index in [1.54, 1.807) is 62.8 Å². The highest BCUT2D eigenvalue weighted by Gasteiger charge is 2.15. The van der Waals surface area contributed by atoms with Crippen LogP contribution in [0.4, 0.5) is 17.1 Å². The fraction of sp³-hybridized carbons (Fsp3) is 0. The lowest BCUT2D eigenvalue weighted by molar-refractivity contribution is 1.28. The van der Waals surface area contributed by atoms with Gasteiger partial charge in [-0.25, -0.2) is 0 Å². The molecular formula is C46H29N3S5. The van der Waals surface area contributed by atoms with Crippen LogP contribution < -0.4 is 4.90 Å². The first-order chi connectivity index (χ1) is 26.6. The largest absolute Gasteiger partial charge is 0.311 e. The van der Waals surface area contributed by atoms with Crippen LogP contribution in [0.2, 0.25) is 0 Å². The highest BCUT2D eigenvalue weighted by atomic mass is 32.1. The van der Waals surface area contributed by atoms with Crippen molar-refractivity contribution in [3.05, 3.63) is 174 Å². The van der Waals surface area contributed by atoms with Crippen LogP contribution in [0.15, 0.2) is 150 Å². The van der Waals surface area contributed by atoms with Crippen molar-refractivity contribution < 1.29 is 0 Å². The predicted octanol–water partition coefficient (Wildman–Crippen LogP) is 15.2. The monoisotopic (exact) mass is 783 g/mol. The third-order valence-corrected chi connectivity index (χ3v) is 13.5. The van der Waals surface area contributed by atoms with Gasteiger partial charge in [0.25, 0.3) is 0 Å². The molecular weight excluding hydrogens is 755 g/mol. The number of allylic oxidation sites excluding steroid dienone is 1. The molecule has 0 N–H and O–H groups in total. The molecule has 0 saturated heterocycles. The molecule has 0 atom stereocenters. The number of nitrogens with zero attached hydrogens (tertiary/aromatic N) is 3. The van der Waals surface area contributed by atoms with Crippen molar-refractivity contribution in [2.45, 2.75) is 0 Å². The van der Waals surface area contributed by atoms with E-state index in [4.69, 9.17) is 0 Å². The van der Waals surface area contributed by atoms with E-state index in [2.05, 4.69) is 161 Å². The van der Waals surface area contributed by atoms with Crippen LogP contribution in [0.1, 0.15) is 24.4 Å². The Bertz CT molecular complexity index is 2510. The summed E-state index contributed by atoms with van der Waals surface area (Å²) in [5, 5.41) is 22.6. The lowest BCUT2D eigenvalue weighted by Crippen LogP contribution is -2.09. The molecule has 54 heavy (non-hydrogen) atoms. The van der Waals surface area contributed by atoms with Crippen LogP contribution in [0.3, 0.4) is 0 Å². The standard InChI is InChI=1S/C46H29N3S5/c47-30-32(31-48)29-43-23-26-46(54-43)35-9-15-38(16-10-35)49(36-11-5-33(6-12-36)44-24-21-41(52-44)19-17-39-3-1-27-50-39)37-13-7-34(8-14-37)45-25-22-42(53-45)20-18-40-4-2-28-51-40/h1-29H. The Balaban J connectivity index is 1.08. The Morgan fingerprint density at radius 2 is 0.796 bits per heavy atom. The summed E-state index contributed by atoms with van der Waals surface area (Å²) in [5.41, 5.74) is 6.72. The second kappa shape index (κ2) is 16.4. The third-order valence-electron chi connectivity index (χ3n) is 8.55. The van der Waals surface area contributed by atoms with E-state index in [0.717, 1.165) is 32.4 Å². The van der Waals surface area contributed by atoms with Crippen molar-refractivity contribution >= 4 is 104 Å². The molecule has 8 aromatic rings. The summed E-state index contributed by atoms with van der Waals surface area (Å²) in [5.74, 6) is 0. The first kappa shape index (κ1) is 35.2. The molecule has 3 nitrogen and oxygen atoms in total. The number of hydrogen-bond donors (Lipinski definition) is 0. The molecule has 0 saturated carbocycles. The van der Waals surface area contributed by atoms with E-state index in [1.807, 2.05) is 24.3 Å². The molecule has 0 aliphatic heterocycles. The van der Waals surface area contributed by atoms with Gasteiger partial charge in [-0.2, -0.15) is 10.5 Å². The molecule has 0 aliphatic carbocycles. The third kappa shape index (κ3) is 8.20. The second-order valence-corrected chi connectivity index (χ2v) is 17.4. The fourth-order valence-corrected chi connectivity index (χ4v) is 9.91. The lowest BCUT2D eigenvalue weighted by Gasteiger charge is -2.26. The minimum absolute atomic E-state index is 0.0995. The molecule has 0 amide bonds. The van der Waals surface area contributed by atoms with Gasteiger partial charge in [-0.3, -0.25) is 0 Å². The van der Waals surface area contributed by atoms with Gasteiger partial charge in [0.1, 0.15) is 17.7 Å². The van der Waals surface area contributed by atoms with E-state index in [1.165, 1.54) is 40.4 Å². The normalized spacial score (nSPS) is 11.1. The summed E-state index contributed by atoms with van der Waals surface area (Å²) in [6, 6.07) is 51.2. The maximum Gasteiger partial charge on any atom is 0.131 e. The Hall–Kier alpha value is -5.84. The zero-order chi connectivity index (χ0) is 36.7. The van der Waals surface area contributed by atoms with Crippen LogP contribution in [-0.2, 0) is 0 Å². The van der Waals surface area contributed by atoms with Crippen molar-refractivity contribution in [2.75, 3.05) is 4.90 Å². The average Bonchev–Trinajstić information content (AvgIpc) is 4.08. The number of nitriles is 2. The fourth-order valence-electron chi connectivity index (χ4n) is 5.88. The van der Waals surface area contributed by atoms with Crippen LogP contribution in [0, 0.1) is 22.7 Å². The number of benzene rings is 3. The first-order valence-corrected chi connectivity index (χ1v) is 21.2. The molecule has 0 radical (unpaired) electrons. The highest BCUT2D eigenvalue weighted by molar-refractivity contribution is 7.17. The van der Waals surface area contributed by atoms with Gasteiger partial charge in [0.05, 0.1) is 0 Å². The van der Waals surface area contributed by atoms with Gasteiger partial charge >= 0.3 is 0 Å². The van der Waals surface area contributed by atoms with Crippen LogP contribution >= 0.6 is 56.7 Å². The number of anilines is 3. The van der Waals surface area contributed by atoms with Crippen molar-refractivity contribution in [1.29, 1.82) is 10.5 Å². The van der Waals surface area contributed by atoms with Gasteiger partial charge in [-0.1, -0.05) is 48.5 Å². The number of rotatable bonds is 11. The highest BCUT2D eigenvalue weighted by Crippen LogP contribution is 2.40. The zero-order valence-electron chi connectivity index (χ0n) is 28.6. The maximum absolute atomic E-state index is 9.18. The number of hydrogen-bond acceptors (Lipinski definition) is 8. The van der Waals surface area contributed by atoms with Gasteiger partial charge in [-0.05, 0) is 143 Å². The summed E-state index contributed by atoms with van der Waals surface area (Å²) >= 11 is 8.63. The first-order valence-electron chi connectivity index (χ1n) is 17.0. The second-order valence-electron chi connectivity index (χ2n) is 12.1. The number of thiophene rings is 5. The summed E-state index contributed by atoms with van der Waals surface area (Å²) in [7, 11) is 0. The zero-order valence-corrected chi connectivity index (χ0v) is 32.7. The minimum atomic E-state index is 0.0995. The molecule has 3 aromatic carbocycles. The molecule has 5 aromatic heterocycles. The van der Waals surface area contributed by atoms with Crippen molar-refractivity contribution in [2.24, 2.45) is 0 Å². The molecule has 0 aliphatic rings. The van der Waals surface area contributed by atoms with E-state index < -0.39 is 0 Å². The van der Waals surface area contributed by atoms with Crippen LogP contribution in [0.25, 0.3) is 61.7 Å². The Morgan fingerprint density at radius 3 is 1.17 bits per heavy atom.